The van der Waals surface area contributed by atoms with Gasteiger partial charge in [-0.25, -0.2) is 4.39 Å². The van der Waals surface area contributed by atoms with E-state index in [4.69, 9.17) is 0 Å². The van der Waals surface area contributed by atoms with Crippen LogP contribution in [0.25, 0.3) is 0 Å². The number of carbonyl (C=O) groups is 1. The molecule has 2 saturated heterocycles. The number of halogens is 1. The Morgan fingerprint density at radius 3 is 3.00 bits per heavy atom. The lowest BCUT2D eigenvalue weighted by molar-refractivity contribution is -0.132. The van der Waals surface area contributed by atoms with Crippen molar-refractivity contribution in [2.75, 3.05) is 19.6 Å². The van der Waals surface area contributed by atoms with E-state index in [1.807, 2.05) is 11.0 Å². The monoisotopic (exact) mass is 290 g/mol. The number of benzene rings is 1. The number of hydrogen-bond donors (Lipinski definition) is 1. The minimum absolute atomic E-state index is 0.128. The average Bonchev–Trinajstić information content (AvgIpc) is 3.02. The molecule has 0 aliphatic carbocycles. The Morgan fingerprint density at radius 1 is 1.33 bits per heavy atom. The van der Waals surface area contributed by atoms with E-state index in [-0.39, 0.29) is 11.7 Å². The lowest BCUT2D eigenvalue weighted by Gasteiger charge is -2.36. The Morgan fingerprint density at radius 2 is 2.24 bits per heavy atom. The zero-order valence-electron chi connectivity index (χ0n) is 12.4. The molecule has 0 bridgehead atoms. The minimum atomic E-state index is -0.271. The van der Waals surface area contributed by atoms with Crippen LogP contribution in [0.3, 0.4) is 0 Å². The summed E-state index contributed by atoms with van der Waals surface area (Å²) in [6, 6.07) is 6.93. The van der Waals surface area contributed by atoms with Crippen molar-refractivity contribution in [2.45, 2.75) is 38.1 Å². The third kappa shape index (κ3) is 3.62. The van der Waals surface area contributed by atoms with E-state index in [0.717, 1.165) is 31.6 Å². The molecule has 114 valence electrons. The highest BCUT2D eigenvalue weighted by atomic mass is 19.1. The van der Waals surface area contributed by atoms with E-state index in [2.05, 4.69) is 5.32 Å². The van der Waals surface area contributed by atoms with Gasteiger partial charge in [0.15, 0.2) is 0 Å². The quantitative estimate of drug-likeness (QED) is 0.927. The number of amides is 1. The smallest absolute Gasteiger partial charge is 0.227 e. The zero-order chi connectivity index (χ0) is 14.7. The van der Waals surface area contributed by atoms with Gasteiger partial charge in [0.2, 0.25) is 5.91 Å². The van der Waals surface area contributed by atoms with Gasteiger partial charge in [-0.05, 0) is 55.8 Å². The Balaban J connectivity index is 1.59. The summed E-state index contributed by atoms with van der Waals surface area (Å²) in [4.78, 5) is 14.4. The molecule has 2 fully saturated rings. The van der Waals surface area contributed by atoms with Crippen LogP contribution < -0.4 is 5.32 Å². The minimum Gasteiger partial charge on any atom is -0.342 e. The van der Waals surface area contributed by atoms with E-state index < -0.39 is 0 Å². The summed E-state index contributed by atoms with van der Waals surface area (Å²) in [7, 11) is 0. The van der Waals surface area contributed by atoms with Gasteiger partial charge in [-0.2, -0.15) is 0 Å². The maximum atomic E-state index is 13.2. The van der Waals surface area contributed by atoms with Crippen molar-refractivity contribution in [3.63, 3.8) is 0 Å². The molecule has 1 aromatic rings. The Bertz CT molecular complexity index is 499. The predicted molar refractivity (Wildman–Crippen MR) is 80.4 cm³/mol. The van der Waals surface area contributed by atoms with Gasteiger partial charge in [0, 0.05) is 19.1 Å². The molecular weight excluding hydrogens is 267 g/mol. The standard InChI is InChI=1S/C17H23FN2O/c18-15-6-1-4-13(10-15)11-17(21)20-9-3-5-14(12-20)16-7-2-8-19-16/h1,4,6,10,14,16,19H,2-3,5,7-9,11-12H2. The summed E-state index contributed by atoms with van der Waals surface area (Å²) in [6.45, 7) is 2.81. The summed E-state index contributed by atoms with van der Waals surface area (Å²) >= 11 is 0. The molecule has 2 aliphatic rings. The first kappa shape index (κ1) is 14.5. The summed E-state index contributed by atoms with van der Waals surface area (Å²) in [5.41, 5.74) is 0.765. The number of carbonyl (C=O) groups excluding carboxylic acids is 1. The number of nitrogens with one attached hydrogen (secondary N) is 1. The SMILES string of the molecule is O=C(Cc1cccc(F)c1)N1CCCC(C2CCCN2)C1. The van der Waals surface area contributed by atoms with E-state index >= 15 is 0 Å². The first-order valence-corrected chi connectivity index (χ1v) is 7.98. The van der Waals surface area contributed by atoms with Gasteiger partial charge in [-0.1, -0.05) is 12.1 Å². The molecule has 1 N–H and O–H groups in total. The maximum absolute atomic E-state index is 13.2. The number of likely N-dealkylation sites (tertiary alicyclic amines) is 1. The molecular formula is C17H23FN2O. The molecule has 3 rings (SSSR count). The molecule has 0 spiro atoms. The highest BCUT2D eigenvalue weighted by molar-refractivity contribution is 5.78. The fourth-order valence-electron chi connectivity index (χ4n) is 3.61. The van der Waals surface area contributed by atoms with Crippen molar-refractivity contribution in [1.82, 2.24) is 10.2 Å². The molecule has 0 aromatic heterocycles. The van der Waals surface area contributed by atoms with Crippen molar-refractivity contribution in [1.29, 1.82) is 0 Å². The topological polar surface area (TPSA) is 32.3 Å². The summed E-state index contributed by atoms with van der Waals surface area (Å²) in [5.74, 6) is 0.438. The molecule has 21 heavy (non-hydrogen) atoms. The second kappa shape index (κ2) is 6.56. The fraction of sp³-hybridized carbons (Fsp3) is 0.588. The molecule has 4 heteroatoms. The van der Waals surface area contributed by atoms with Crippen molar-refractivity contribution in [3.05, 3.63) is 35.6 Å². The normalized spacial score (nSPS) is 26.0. The van der Waals surface area contributed by atoms with Crippen LogP contribution in [-0.2, 0) is 11.2 Å². The molecule has 1 amide bonds. The number of rotatable bonds is 3. The second-order valence-corrected chi connectivity index (χ2v) is 6.25. The van der Waals surface area contributed by atoms with Crippen LogP contribution in [0.15, 0.2) is 24.3 Å². The zero-order valence-corrected chi connectivity index (χ0v) is 12.4. The fourth-order valence-corrected chi connectivity index (χ4v) is 3.61. The lowest BCUT2D eigenvalue weighted by atomic mass is 9.89. The molecule has 0 saturated carbocycles. The van der Waals surface area contributed by atoms with Crippen LogP contribution in [0.4, 0.5) is 4.39 Å². The number of nitrogens with zero attached hydrogens (tertiary/aromatic N) is 1. The number of hydrogen-bond acceptors (Lipinski definition) is 2. The van der Waals surface area contributed by atoms with E-state index in [0.29, 0.717) is 18.4 Å². The van der Waals surface area contributed by atoms with Gasteiger partial charge in [-0.3, -0.25) is 4.79 Å². The molecule has 2 aliphatic heterocycles. The highest BCUT2D eigenvalue weighted by Crippen LogP contribution is 2.25. The molecule has 0 radical (unpaired) electrons. The van der Waals surface area contributed by atoms with Crippen LogP contribution >= 0.6 is 0 Å². The average molecular weight is 290 g/mol. The Labute approximate surface area is 125 Å². The first-order chi connectivity index (χ1) is 10.2. The maximum Gasteiger partial charge on any atom is 0.227 e. The van der Waals surface area contributed by atoms with Gasteiger partial charge >= 0.3 is 0 Å². The summed E-state index contributed by atoms with van der Waals surface area (Å²) in [6.07, 6.45) is 5.08. The van der Waals surface area contributed by atoms with Gasteiger partial charge in [0.25, 0.3) is 0 Å². The van der Waals surface area contributed by atoms with Crippen molar-refractivity contribution in [3.8, 4) is 0 Å². The highest BCUT2D eigenvalue weighted by Gasteiger charge is 2.30. The van der Waals surface area contributed by atoms with Crippen LogP contribution in [0.5, 0.6) is 0 Å². The summed E-state index contributed by atoms with van der Waals surface area (Å²) < 4.78 is 13.2. The molecule has 1 aromatic carbocycles. The van der Waals surface area contributed by atoms with Crippen molar-refractivity contribution < 1.29 is 9.18 Å². The predicted octanol–water partition coefficient (Wildman–Crippen LogP) is 2.36. The number of piperidine rings is 1. The van der Waals surface area contributed by atoms with Gasteiger partial charge in [-0.15, -0.1) is 0 Å². The third-order valence-electron chi connectivity index (χ3n) is 4.72. The molecule has 2 atom stereocenters. The van der Waals surface area contributed by atoms with Gasteiger partial charge in [0.1, 0.15) is 5.82 Å². The largest absolute Gasteiger partial charge is 0.342 e. The van der Waals surface area contributed by atoms with E-state index in [1.165, 1.54) is 31.4 Å². The van der Waals surface area contributed by atoms with Crippen LogP contribution in [0.1, 0.15) is 31.2 Å². The van der Waals surface area contributed by atoms with Crippen LogP contribution in [0.2, 0.25) is 0 Å². The van der Waals surface area contributed by atoms with Crippen LogP contribution in [-0.4, -0.2) is 36.5 Å². The van der Waals surface area contributed by atoms with Gasteiger partial charge < -0.3 is 10.2 Å². The van der Waals surface area contributed by atoms with Crippen molar-refractivity contribution in [2.24, 2.45) is 5.92 Å². The van der Waals surface area contributed by atoms with E-state index in [9.17, 15) is 9.18 Å². The van der Waals surface area contributed by atoms with Gasteiger partial charge in [0.05, 0.1) is 6.42 Å². The first-order valence-electron chi connectivity index (χ1n) is 7.98. The second-order valence-electron chi connectivity index (χ2n) is 6.25. The Hall–Kier alpha value is -1.42. The molecule has 3 nitrogen and oxygen atoms in total. The lowest BCUT2D eigenvalue weighted by Crippen LogP contribution is -2.46. The van der Waals surface area contributed by atoms with Crippen LogP contribution in [0, 0.1) is 11.7 Å². The third-order valence-corrected chi connectivity index (χ3v) is 4.72. The van der Waals surface area contributed by atoms with Crippen molar-refractivity contribution >= 4 is 5.91 Å². The molecule has 2 unspecified atom stereocenters. The van der Waals surface area contributed by atoms with E-state index in [1.54, 1.807) is 6.07 Å². The molecule has 2 heterocycles. The summed E-state index contributed by atoms with van der Waals surface area (Å²) in [5, 5.41) is 3.56. The Kier molecular flexibility index (Phi) is 4.54.